The molecule has 0 saturated carbocycles. The molecule has 142 valence electrons. The van der Waals surface area contributed by atoms with E-state index in [1.807, 2.05) is 12.1 Å². The van der Waals surface area contributed by atoms with Crippen LogP contribution in [0.5, 0.6) is 5.75 Å². The van der Waals surface area contributed by atoms with Crippen LogP contribution >= 0.6 is 27.7 Å². The zero-order valence-electron chi connectivity index (χ0n) is 14.5. The Hall–Kier alpha value is -2.98. The molecule has 2 aromatic carbocycles. The minimum Gasteiger partial charge on any atom is -0.496 e. The minimum atomic E-state index is -0.483. The molecule has 0 atom stereocenters. The highest BCUT2D eigenvalue weighted by Gasteiger charge is 2.24. The zero-order chi connectivity index (χ0) is 20.1. The van der Waals surface area contributed by atoms with E-state index >= 15 is 0 Å². The fourth-order valence-corrected chi connectivity index (χ4v) is 3.60. The lowest BCUT2D eigenvalue weighted by atomic mass is 10.2. The summed E-state index contributed by atoms with van der Waals surface area (Å²) in [6.45, 7) is 0. The summed E-state index contributed by atoms with van der Waals surface area (Å²) in [6.07, 6.45) is 3.12. The second kappa shape index (κ2) is 8.81. The van der Waals surface area contributed by atoms with E-state index in [9.17, 15) is 14.9 Å². The molecule has 3 rings (SSSR count). The van der Waals surface area contributed by atoms with Gasteiger partial charge in [0.05, 0.1) is 27.6 Å². The van der Waals surface area contributed by atoms with Gasteiger partial charge in [-0.1, -0.05) is 12.1 Å². The van der Waals surface area contributed by atoms with Gasteiger partial charge in [-0.05, 0) is 63.1 Å². The van der Waals surface area contributed by atoms with E-state index in [1.165, 1.54) is 12.1 Å². The Labute approximate surface area is 172 Å². The van der Waals surface area contributed by atoms with E-state index in [-0.39, 0.29) is 11.6 Å². The molecule has 2 aromatic rings. The maximum Gasteiger partial charge on any atom is 0.270 e. The molecule has 0 unspecified atom stereocenters. The molecule has 1 saturated heterocycles. The number of nitrogens with zero attached hydrogens (tertiary/aromatic N) is 3. The highest BCUT2D eigenvalue weighted by atomic mass is 79.9. The smallest absolute Gasteiger partial charge is 0.270 e. The van der Waals surface area contributed by atoms with E-state index in [1.54, 1.807) is 37.6 Å². The van der Waals surface area contributed by atoms with Crippen LogP contribution in [0.1, 0.15) is 11.1 Å². The van der Waals surface area contributed by atoms with Crippen LogP contribution in [0.3, 0.4) is 0 Å². The number of non-ortho nitro benzene ring substituents is 1. The van der Waals surface area contributed by atoms with Crippen molar-refractivity contribution in [2.24, 2.45) is 10.2 Å². The number of carbonyl (C=O) groups excluding carboxylic acids is 1. The monoisotopic (exact) mass is 460 g/mol. The summed E-state index contributed by atoms with van der Waals surface area (Å²) < 4.78 is 5.95. The van der Waals surface area contributed by atoms with Crippen molar-refractivity contribution in [2.75, 3.05) is 7.11 Å². The first kappa shape index (κ1) is 19.8. The molecule has 1 aliphatic rings. The van der Waals surface area contributed by atoms with Gasteiger partial charge in [-0.2, -0.15) is 5.10 Å². The van der Waals surface area contributed by atoms with Crippen molar-refractivity contribution in [3.8, 4) is 5.75 Å². The number of halogens is 1. The molecule has 0 aliphatic carbocycles. The van der Waals surface area contributed by atoms with Gasteiger partial charge in [0.25, 0.3) is 11.6 Å². The Balaban J connectivity index is 1.72. The van der Waals surface area contributed by atoms with Gasteiger partial charge in [0.1, 0.15) is 5.75 Å². The van der Waals surface area contributed by atoms with Gasteiger partial charge >= 0.3 is 0 Å². The third-order valence-corrected chi connectivity index (χ3v) is 5.08. The van der Waals surface area contributed by atoms with Crippen LogP contribution in [0.2, 0.25) is 0 Å². The van der Waals surface area contributed by atoms with Crippen LogP contribution < -0.4 is 10.1 Å². The molecular weight excluding hydrogens is 448 g/mol. The molecule has 1 heterocycles. The maximum atomic E-state index is 12.1. The predicted octanol–water partition coefficient (Wildman–Crippen LogP) is 3.96. The number of amidine groups is 1. The molecule has 1 amide bonds. The molecule has 28 heavy (non-hydrogen) atoms. The number of nitrogens with one attached hydrogen (secondary N) is 1. The summed E-state index contributed by atoms with van der Waals surface area (Å²) in [5, 5.41) is 21.8. The SMILES string of the molecule is COc1ccc(/C=N\N=C2/NC(=O)/C(=C/c3cccc([N+](=O)[O-])c3)S2)cc1Br. The molecule has 0 bridgehead atoms. The normalized spacial score (nSPS) is 16.7. The summed E-state index contributed by atoms with van der Waals surface area (Å²) >= 11 is 4.50. The summed E-state index contributed by atoms with van der Waals surface area (Å²) in [7, 11) is 1.58. The molecule has 8 nitrogen and oxygen atoms in total. The van der Waals surface area contributed by atoms with Crippen LogP contribution in [0.4, 0.5) is 5.69 Å². The largest absolute Gasteiger partial charge is 0.496 e. The second-order valence-electron chi connectivity index (χ2n) is 5.46. The first-order valence-electron chi connectivity index (χ1n) is 7.86. The lowest BCUT2D eigenvalue weighted by Gasteiger charge is -2.02. The van der Waals surface area contributed by atoms with E-state index in [0.29, 0.717) is 21.4 Å². The summed E-state index contributed by atoms with van der Waals surface area (Å²) in [4.78, 5) is 22.8. The Morgan fingerprint density at radius 3 is 2.79 bits per heavy atom. The second-order valence-corrected chi connectivity index (χ2v) is 7.35. The Bertz CT molecular complexity index is 1040. The van der Waals surface area contributed by atoms with E-state index in [0.717, 1.165) is 21.8 Å². The number of ether oxygens (including phenoxy) is 1. The molecule has 0 radical (unpaired) electrons. The third kappa shape index (κ3) is 4.84. The number of hydrogen-bond acceptors (Lipinski definition) is 7. The number of methoxy groups -OCH3 is 1. The van der Waals surface area contributed by atoms with Crippen molar-refractivity contribution in [3.63, 3.8) is 0 Å². The van der Waals surface area contributed by atoms with E-state index < -0.39 is 4.92 Å². The zero-order valence-corrected chi connectivity index (χ0v) is 16.9. The highest BCUT2D eigenvalue weighted by Crippen LogP contribution is 2.27. The highest BCUT2D eigenvalue weighted by molar-refractivity contribution is 9.10. The van der Waals surface area contributed by atoms with Crippen molar-refractivity contribution in [3.05, 3.63) is 73.1 Å². The number of hydrogen-bond donors (Lipinski definition) is 1. The summed E-state index contributed by atoms with van der Waals surface area (Å²) in [5.74, 6) is 0.371. The number of amides is 1. The van der Waals surface area contributed by atoms with Gasteiger partial charge in [-0.3, -0.25) is 20.2 Å². The topological polar surface area (TPSA) is 106 Å². The number of rotatable bonds is 5. The van der Waals surface area contributed by atoms with Crippen molar-refractivity contribution >= 4 is 56.7 Å². The molecule has 0 aromatic heterocycles. The number of benzene rings is 2. The van der Waals surface area contributed by atoms with Gasteiger partial charge in [0.15, 0.2) is 5.17 Å². The van der Waals surface area contributed by atoms with Gasteiger partial charge in [-0.25, -0.2) is 0 Å². The molecule has 1 N–H and O–H groups in total. The van der Waals surface area contributed by atoms with E-state index in [2.05, 4.69) is 31.4 Å². The van der Waals surface area contributed by atoms with Gasteiger partial charge in [0, 0.05) is 12.1 Å². The van der Waals surface area contributed by atoms with Gasteiger partial charge < -0.3 is 4.74 Å². The van der Waals surface area contributed by atoms with Crippen molar-refractivity contribution in [1.29, 1.82) is 0 Å². The average molecular weight is 461 g/mol. The first-order valence-corrected chi connectivity index (χ1v) is 9.47. The minimum absolute atomic E-state index is 0.0399. The molecule has 1 aliphatic heterocycles. The van der Waals surface area contributed by atoms with Gasteiger partial charge in [0.2, 0.25) is 0 Å². The number of nitro benzene ring substituents is 1. The lowest BCUT2D eigenvalue weighted by molar-refractivity contribution is -0.384. The Morgan fingerprint density at radius 1 is 1.25 bits per heavy atom. The quantitative estimate of drug-likeness (QED) is 0.314. The first-order chi connectivity index (χ1) is 13.5. The fraction of sp³-hybridized carbons (Fsp3) is 0.0556. The maximum absolute atomic E-state index is 12.1. The number of carbonyl (C=O) groups is 1. The molecular formula is C18H13BrN4O4S. The number of thioether (sulfide) groups is 1. The standard InChI is InChI=1S/C18H13BrN4O4S/c1-27-15-6-5-12(8-14(15)19)10-20-22-18-21-17(24)16(28-18)9-11-3-2-4-13(7-11)23(25)26/h2-10H,1H3,(H,21,22,24)/b16-9-,20-10-. The van der Waals surface area contributed by atoms with Crippen molar-refractivity contribution < 1.29 is 14.5 Å². The van der Waals surface area contributed by atoms with Crippen LogP contribution in [-0.4, -0.2) is 29.3 Å². The third-order valence-electron chi connectivity index (χ3n) is 3.56. The Kier molecular flexibility index (Phi) is 6.22. The average Bonchev–Trinajstić information content (AvgIpc) is 3.01. The fourth-order valence-electron chi connectivity index (χ4n) is 2.27. The van der Waals surface area contributed by atoms with Crippen LogP contribution in [0.25, 0.3) is 6.08 Å². The van der Waals surface area contributed by atoms with Crippen molar-refractivity contribution in [2.45, 2.75) is 0 Å². The van der Waals surface area contributed by atoms with E-state index in [4.69, 9.17) is 4.74 Å². The predicted molar refractivity (Wildman–Crippen MR) is 113 cm³/mol. The lowest BCUT2D eigenvalue weighted by Crippen LogP contribution is -2.19. The summed E-state index contributed by atoms with van der Waals surface area (Å²) in [6, 6.07) is 11.5. The van der Waals surface area contributed by atoms with Crippen molar-refractivity contribution in [1.82, 2.24) is 5.32 Å². The van der Waals surface area contributed by atoms with Gasteiger partial charge in [-0.15, -0.1) is 5.10 Å². The number of nitro groups is 1. The van der Waals surface area contributed by atoms with Crippen LogP contribution in [0, 0.1) is 10.1 Å². The molecule has 0 spiro atoms. The molecule has 1 fully saturated rings. The summed E-state index contributed by atoms with van der Waals surface area (Å²) in [5.41, 5.74) is 1.32. The van der Waals surface area contributed by atoms with Crippen LogP contribution in [-0.2, 0) is 4.79 Å². The Morgan fingerprint density at radius 2 is 2.07 bits per heavy atom. The van der Waals surface area contributed by atoms with Crippen LogP contribution in [0.15, 0.2) is 62.0 Å². The molecule has 10 heteroatoms.